The standard InChI is InChI=1S/C15H21N3O3/c1-10(2)15(6-7-16-9-15)14(19)17-12-5-4-11(3)8-13(12)18(20)21/h4-5,8,10,16H,6-7,9H2,1-3H3,(H,17,19). The molecular weight excluding hydrogens is 270 g/mol. The van der Waals surface area contributed by atoms with Gasteiger partial charge in [0.1, 0.15) is 5.69 Å². The van der Waals surface area contributed by atoms with Gasteiger partial charge in [-0.2, -0.15) is 0 Å². The zero-order chi connectivity index (χ0) is 15.6. The highest BCUT2D eigenvalue weighted by molar-refractivity contribution is 5.97. The van der Waals surface area contributed by atoms with Crippen molar-refractivity contribution in [3.05, 3.63) is 33.9 Å². The van der Waals surface area contributed by atoms with Crippen LogP contribution in [0.15, 0.2) is 18.2 Å². The molecule has 1 saturated heterocycles. The first kappa shape index (κ1) is 15.4. The fourth-order valence-electron chi connectivity index (χ4n) is 2.81. The molecule has 1 aliphatic rings. The van der Waals surface area contributed by atoms with Crippen molar-refractivity contribution < 1.29 is 9.72 Å². The molecule has 6 heteroatoms. The number of nitro benzene ring substituents is 1. The van der Waals surface area contributed by atoms with Crippen molar-refractivity contribution in [1.82, 2.24) is 5.32 Å². The quantitative estimate of drug-likeness (QED) is 0.659. The van der Waals surface area contributed by atoms with Gasteiger partial charge in [-0.1, -0.05) is 19.9 Å². The Hall–Kier alpha value is -1.95. The summed E-state index contributed by atoms with van der Waals surface area (Å²) >= 11 is 0. The highest BCUT2D eigenvalue weighted by Gasteiger charge is 2.44. The summed E-state index contributed by atoms with van der Waals surface area (Å²) < 4.78 is 0. The van der Waals surface area contributed by atoms with Crippen LogP contribution in [0.4, 0.5) is 11.4 Å². The Balaban J connectivity index is 2.29. The van der Waals surface area contributed by atoms with E-state index in [2.05, 4.69) is 10.6 Å². The van der Waals surface area contributed by atoms with Crippen LogP contribution in [-0.2, 0) is 4.79 Å². The number of rotatable bonds is 4. The van der Waals surface area contributed by atoms with Crippen LogP contribution in [0.25, 0.3) is 0 Å². The third-order valence-corrected chi connectivity index (χ3v) is 4.34. The minimum atomic E-state index is -0.501. The predicted molar refractivity (Wildman–Crippen MR) is 81.2 cm³/mol. The molecule has 1 aromatic carbocycles. The summed E-state index contributed by atoms with van der Waals surface area (Å²) in [5.74, 6) is 0.0199. The summed E-state index contributed by atoms with van der Waals surface area (Å²) in [6, 6.07) is 4.84. The highest BCUT2D eigenvalue weighted by Crippen LogP contribution is 2.36. The van der Waals surface area contributed by atoms with E-state index in [1.165, 1.54) is 6.07 Å². The van der Waals surface area contributed by atoms with Crippen LogP contribution in [0.5, 0.6) is 0 Å². The fourth-order valence-corrected chi connectivity index (χ4v) is 2.81. The molecule has 0 aromatic heterocycles. The van der Waals surface area contributed by atoms with Crippen LogP contribution in [-0.4, -0.2) is 23.9 Å². The number of benzene rings is 1. The van der Waals surface area contributed by atoms with Gasteiger partial charge in [0.25, 0.3) is 5.69 Å². The Morgan fingerprint density at radius 1 is 1.48 bits per heavy atom. The van der Waals surface area contributed by atoms with Gasteiger partial charge in [-0.3, -0.25) is 14.9 Å². The second-order valence-corrected chi connectivity index (χ2v) is 5.97. The number of hydrogen-bond acceptors (Lipinski definition) is 4. The van der Waals surface area contributed by atoms with E-state index in [0.29, 0.717) is 6.54 Å². The van der Waals surface area contributed by atoms with Crippen LogP contribution in [0.1, 0.15) is 25.8 Å². The number of carbonyl (C=O) groups excluding carboxylic acids is 1. The second kappa shape index (κ2) is 5.81. The molecule has 1 atom stereocenters. The normalized spacial score (nSPS) is 21.5. The number of hydrogen-bond donors (Lipinski definition) is 2. The van der Waals surface area contributed by atoms with Crippen molar-refractivity contribution >= 4 is 17.3 Å². The maximum Gasteiger partial charge on any atom is 0.293 e. The van der Waals surface area contributed by atoms with E-state index in [1.807, 2.05) is 13.8 Å². The average molecular weight is 291 g/mol. The SMILES string of the molecule is Cc1ccc(NC(=O)C2(C(C)C)CCNC2)c([N+](=O)[O-])c1. The smallest absolute Gasteiger partial charge is 0.293 e. The molecule has 1 aromatic rings. The van der Waals surface area contributed by atoms with E-state index < -0.39 is 10.3 Å². The lowest BCUT2D eigenvalue weighted by Crippen LogP contribution is -2.42. The number of carbonyl (C=O) groups is 1. The highest BCUT2D eigenvalue weighted by atomic mass is 16.6. The topological polar surface area (TPSA) is 84.3 Å². The van der Waals surface area contributed by atoms with Crippen molar-refractivity contribution in [2.45, 2.75) is 27.2 Å². The lowest BCUT2D eigenvalue weighted by atomic mass is 9.75. The number of nitrogens with zero attached hydrogens (tertiary/aromatic N) is 1. The van der Waals surface area contributed by atoms with E-state index in [9.17, 15) is 14.9 Å². The van der Waals surface area contributed by atoms with Gasteiger partial charge in [-0.25, -0.2) is 0 Å². The first-order valence-electron chi connectivity index (χ1n) is 7.14. The average Bonchev–Trinajstić information content (AvgIpc) is 2.91. The third kappa shape index (κ3) is 2.90. The van der Waals surface area contributed by atoms with E-state index in [0.717, 1.165) is 18.5 Å². The van der Waals surface area contributed by atoms with Gasteiger partial charge in [0, 0.05) is 12.6 Å². The number of anilines is 1. The third-order valence-electron chi connectivity index (χ3n) is 4.34. The fraction of sp³-hybridized carbons (Fsp3) is 0.533. The molecule has 1 heterocycles. The predicted octanol–water partition coefficient (Wildman–Crippen LogP) is 2.48. The van der Waals surface area contributed by atoms with Gasteiger partial charge in [-0.15, -0.1) is 0 Å². The maximum atomic E-state index is 12.7. The molecule has 0 bridgehead atoms. The molecule has 0 aliphatic carbocycles. The van der Waals surface area contributed by atoms with Crippen LogP contribution in [0, 0.1) is 28.4 Å². The summed E-state index contributed by atoms with van der Waals surface area (Å²) in [5.41, 5.74) is 0.496. The van der Waals surface area contributed by atoms with Crippen LogP contribution >= 0.6 is 0 Å². The number of aryl methyl sites for hydroxylation is 1. The van der Waals surface area contributed by atoms with Crippen molar-refractivity contribution in [3.8, 4) is 0 Å². The molecule has 114 valence electrons. The van der Waals surface area contributed by atoms with Gasteiger partial charge in [0.05, 0.1) is 10.3 Å². The Kier molecular flexibility index (Phi) is 4.27. The first-order valence-corrected chi connectivity index (χ1v) is 7.14. The van der Waals surface area contributed by atoms with E-state index in [4.69, 9.17) is 0 Å². The molecule has 0 radical (unpaired) electrons. The van der Waals surface area contributed by atoms with Gasteiger partial charge < -0.3 is 10.6 Å². The Morgan fingerprint density at radius 3 is 2.71 bits per heavy atom. The van der Waals surface area contributed by atoms with Gasteiger partial charge >= 0.3 is 0 Å². The second-order valence-electron chi connectivity index (χ2n) is 5.97. The summed E-state index contributed by atoms with van der Waals surface area (Å²) in [7, 11) is 0. The van der Waals surface area contributed by atoms with E-state index in [-0.39, 0.29) is 23.2 Å². The molecule has 1 unspecified atom stereocenters. The lowest BCUT2D eigenvalue weighted by molar-refractivity contribution is -0.384. The zero-order valence-corrected chi connectivity index (χ0v) is 12.6. The van der Waals surface area contributed by atoms with Crippen molar-refractivity contribution in [2.75, 3.05) is 18.4 Å². The minimum Gasteiger partial charge on any atom is -0.320 e. The van der Waals surface area contributed by atoms with Crippen molar-refractivity contribution in [3.63, 3.8) is 0 Å². The van der Waals surface area contributed by atoms with Crippen LogP contribution in [0.2, 0.25) is 0 Å². The van der Waals surface area contributed by atoms with Crippen LogP contribution in [0.3, 0.4) is 0 Å². The van der Waals surface area contributed by atoms with Gasteiger partial charge in [0.2, 0.25) is 5.91 Å². The Morgan fingerprint density at radius 2 is 2.19 bits per heavy atom. The summed E-state index contributed by atoms with van der Waals surface area (Å²) in [4.78, 5) is 23.3. The summed E-state index contributed by atoms with van der Waals surface area (Å²) in [6.07, 6.45) is 0.746. The number of amides is 1. The monoisotopic (exact) mass is 291 g/mol. The molecular formula is C15H21N3O3. The lowest BCUT2D eigenvalue weighted by Gasteiger charge is -2.31. The van der Waals surface area contributed by atoms with Crippen LogP contribution < -0.4 is 10.6 Å². The summed E-state index contributed by atoms with van der Waals surface area (Å²) in [5, 5.41) is 17.1. The minimum absolute atomic E-state index is 0.0618. The molecule has 0 saturated carbocycles. The number of nitrogens with one attached hydrogen (secondary N) is 2. The molecule has 21 heavy (non-hydrogen) atoms. The molecule has 0 spiro atoms. The molecule has 1 amide bonds. The van der Waals surface area contributed by atoms with Gasteiger partial charge in [0.15, 0.2) is 0 Å². The molecule has 2 N–H and O–H groups in total. The molecule has 6 nitrogen and oxygen atoms in total. The number of nitro groups is 1. The Labute approximate surface area is 124 Å². The molecule has 2 rings (SSSR count). The van der Waals surface area contributed by atoms with Gasteiger partial charge in [-0.05, 0) is 37.4 Å². The summed E-state index contributed by atoms with van der Waals surface area (Å²) in [6.45, 7) is 7.21. The van der Waals surface area contributed by atoms with E-state index >= 15 is 0 Å². The maximum absolute atomic E-state index is 12.7. The first-order chi connectivity index (χ1) is 9.86. The molecule has 1 fully saturated rings. The van der Waals surface area contributed by atoms with Crippen molar-refractivity contribution in [2.24, 2.45) is 11.3 Å². The van der Waals surface area contributed by atoms with E-state index in [1.54, 1.807) is 19.1 Å². The zero-order valence-electron chi connectivity index (χ0n) is 12.6. The largest absolute Gasteiger partial charge is 0.320 e. The van der Waals surface area contributed by atoms with Crippen molar-refractivity contribution in [1.29, 1.82) is 0 Å². The molecule has 1 aliphatic heterocycles. The Bertz CT molecular complexity index is 563.